The number of aryl methyl sites for hydroxylation is 3. The zero-order valence-electron chi connectivity index (χ0n) is 11.6. The summed E-state index contributed by atoms with van der Waals surface area (Å²) in [5, 5.41) is 0. The van der Waals surface area contributed by atoms with Crippen molar-refractivity contribution < 1.29 is 4.79 Å². The van der Waals surface area contributed by atoms with Crippen molar-refractivity contribution in [1.29, 1.82) is 0 Å². The predicted octanol–water partition coefficient (Wildman–Crippen LogP) is 4.23. The minimum Gasteiger partial charge on any atom is -0.294 e. The molecule has 0 heterocycles. The standard InChI is InChI=1S/C17H22O/c1-10-8-12(3)15(9-11(10)2)17(18)16(13-4-5-13)14-6-7-14/h8-9,13-14,16H,4-7H2,1-3H3. The van der Waals surface area contributed by atoms with Crippen molar-refractivity contribution in [3.8, 4) is 0 Å². The maximum atomic E-state index is 12.8. The number of benzene rings is 1. The topological polar surface area (TPSA) is 17.1 Å². The first kappa shape index (κ1) is 12.0. The van der Waals surface area contributed by atoms with E-state index >= 15 is 0 Å². The molecule has 0 aliphatic heterocycles. The summed E-state index contributed by atoms with van der Waals surface area (Å²) in [4.78, 5) is 12.8. The molecule has 0 aromatic heterocycles. The van der Waals surface area contributed by atoms with E-state index in [1.54, 1.807) is 0 Å². The van der Waals surface area contributed by atoms with Crippen LogP contribution in [0.3, 0.4) is 0 Å². The van der Waals surface area contributed by atoms with E-state index in [2.05, 4.69) is 32.9 Å². The van der Waals surface area contributed by atoms with Gasteiger partial charge in [0.15, 0.2) is 5.78 Å². The van der Waals surface area contributed by atoms with Crippen molar-refractivity contribution in [2.75, 3.05) is 0 Å². The Morgan fingerprint density at radius 1 is 0.944 bits per heavy atom. The highest BCUT2D eigenvalue weighted by Gasteiger charge is 2.45. The summed E-state index contributed by atoms with van der Waals surface area (Å²) in [6.45, 7) is 6.31. The number of hydrogen-bond acceptors (Lipinski definition) is 1. The molecule has 18 heavy (non-hydrogen) atoms. The fourth-order valence-corrected chi connectivity index (χ4v) is 3.13. The molecule has 0 amide bonds. The number of carbonyl (C=O) groups is 1. The highest BCUT2D eigenvalue weighted by molar-refractivity contribution is 6.00. The van der Waals surface area contributed by atoms with E-state index in [1.165, 1.54) is 36.8 Å². The summed E-state index contributed by atoms with van der Waals surface area (Å²) < 4.78 is 0. The molecule has 1 aromatic rings. The Hall–Kier alpha value is -1.11. The first-order valence-electron chi connectivity index (χ1n) is 7.20. The Kier molecular flexibility index (Phi) is 2.80. The summed E-state index contributed by atoms with van der Waals surface area (Å²) in [6, 6.07) is 4.28. The molecule has 96 valence electrons. The van der Waals surface area contributed by atoms with Gasteiger partial charge in [-0.25, -0.2) is 0 Å². The van der Waals surface area contributed by atoms with Crippen LogP contribution in [0, 0.1) is 38.5 Å². The van der Waals surface area contributed by atoms with Gasteiger partial charge in [-0.05, 0) is 81.0 Å². The zero-order valence-corrected chi connectivity index (χ0v) is 11.6. The number of rotatable bonds is 4. The molecular weight excluding hydrogens is 220 g/mol. The Morgan fingerprint density at radius 2 is 1.44 bits per heavy atom. The summed E-state index contributed by atoms with van der Waals surface area (Å²) in [5.74, 6) is 2.17. The fourth-order valence-electron chi connectivity index (χ4n) is 3.13. The predicted molar refractivity (Wildman–Crippen MR) is 73.9 cm³/mol. The molecule has 2 aliphatic carbocycles. The van der Waals surface area contributed by atoms with E-state index < -0.39 is 0 Å². The van der Waals surface area contributed by atoms with Crippen LogP contribution in [0.5, 0.6) is 0 Å². The van der Waals surface area contributed by atoms with Crippen LogP contribution >= 0.6 is 0 Å². The highest BCUT2D eigenvalue weighted by atomic mass is 16.1. The largest absolute Gasteiger partial charge is 0.294 e. The first-order chi connectivity index (χ1) is 8.58. The van der Waals surface area contributed by atoms with E-state index in [0.29, 0.717) is 23.5 Å². The SMILES string of the molecule is Cc1cc(C)c(C(=O)C(C2CC2)C2CC2)cc1C. The van der Waals surface area contributed by atoms with Crippen LogP contribution in [0.25, 0.3) is 0 Å². The summed E-state index contributed by atoms with van der Waals surface area (Å²) in [7, 11) is 0. The maximum absolute atomic E-state index is 12.8. The van der Waals surface area contributed by atoms with Crippen molar-refractivity contribution in [1.82, 2.24) is 0 Å². The molecule has 2 aliphatic rings. The van der Waals surface area contributed by atoms with E-state index in [9.17, 15) is 4.79 Å². The van der Waals surface area contributed by atoms with Crippen molar-refractivity contribution in [3.05, 3.63) is 34.4 Å². The van der Waals surface area contributed by atoms with Crippen molar-refractivity contribution in [2.45, 2.75) is 46.5 Å². The third-order valence-electron chi connectivity index (χ3n) is 4.67. The van der Waals surface area contributed by atoms with Crippen molar-refractivity contribution >= 4 is 5.78 Å². The Balaban J connectivity index is 1.93. The van der Waals surface area contributed by atoms with Crippen LogP contribution in [-0.2, 0) is 0 Å². The van der Waals surface area contributed by atoms with E-state index in [1.807, 2.05) is 0 Å². The lowest BCUT2D eigenvalue weighted by Gasteiger charge is -2.17. The van der Waals surface area contributed by atoms with Gasteiger partial charge in [-0.15, -0.1) is 0 Å². The number of carbonyl (C=O) groups excluding carboxylic acids is 1. The first-order valence-corrected chi connectivity index (χ1v) is 7.20. The molecule has 0 saturated heterocycles. The monoisotopic (exact) mass is 242 g/mol. The summed E-state index contributed by atoms with van der Waals surface area (Å²) in [5.41, 5.74) is 4.68. The Morgan fingerprint density at radius 3 is 1.94 bits per heavy atom. The molecule has 2 fully saturated rings. The minimum absolute atomic E-state index is 0.339. The van der Waals surface area contributed by atoms with Crippen molar-refractivity contribution in [3.63, 3.8) is 0 Å². The van der Waals surface area contributed by atoms with Gasteiger partial charge in [0.1, 0.15) is 0 Å². The van der Waals surface area contributed by atoms with Crippen LogP contribution in [-0.4, -0.2) is 5.78 Å². The van der Waals surface area contributed by atoms with Crippen LogP contribution in [0.1, 0.15) is 52.7 Å². The van der Waals surface area contributed by atoms with E-state index in [0.717, 1.165) is 11.1 Å². The van der Waals surface area contributed by atoms with E-state index in [4.69, 9.17) is 0 Å². The third-order valence-corrected chi connectivity index (χ3v) is 4.67. The van der Waals surface area contributed by atoms with Gasteiger partial charge in [0.05, 0.1) is 0 Å². The quantitative estimate of drug-likeness (QED) is 0.722. The Labute approximate surface area is 110 Å². The molecule has 1 nitrogen and oxygen atoms in total. The zero-order chi connectivity index (χ0) is 12.9. The van der Waals surface area contributed by atoms with Gasteiger partial charge >= 0.3 is 0 Å². The molecule has 0 bridgehead atoms. The van der Waals surface area contributed by atoms with Gasteiger partial charge in [0.25, 0.3) is 0 Å². The number of hydrogen-bond donors (Lipinski definition) is 0. The number of Topliss-reactive ketones (excluding diaryl/α,β-unsaturated/α-hetero) is 1. The van der Waals surface area contributed by atoms with Gasteiger partial charge in [0, 0.05) is 11.5 Å². The molecule has 0 atom stereocenters. The van der Waals surface area contributed by atoms with Crippen LogP contribution in [0.2, 0.25) is 0 Å². The molecule has 1 aromatic carbocycles. The lowest BCUT2D eigenvalue weighted by Crippen LogP contribution is -2.20. The normalized spacial score (nSPS) is 19.3. The molecule has 2 saturated carbocycles. The van der Waals surface area contributed by atoms with Crippen LogP contribution in [0.4, 0.5) is 0 Å². The maximum Gasteiger partial charge on any atom is 0.166 e. The van der Waals surface area contributed by atoms with Crippen LogP contribution < -0.4 is 0 Å². The molecule has 3 rings (SSSR count). The molecule has 0 N–H and O–H groups in total. The second-order valence-electron chi connectivity index (χ2n) is 6.32. The summed E-state index contributed by atoms with van der Waals surface area (Å²) >= 11 is 0. The van der Waals surface area contributed by atoms with Gasteiger partial charge < -0.3 is 0 Å². The summed E-state index contributed by atoms with van der Waals surface area (Å²) in [6.07, 6.45) is 5.10. The van der Waals surface area contributed by atoms with Gasteiger partial charge in [-0.3, -0.25) is 4.79 Å². The molecular formula is C17H22O. The second-order valence-corrected chi connectivity index (χ2v) is 6.32. The molecule has 1 heteroatoms. The molecule has 0 spiro atoms. The number of ketones is 1. The third kappa shape index (κ3) is 2.11. The van der Waals surface area contributed by atoms with Gasteiger partial charge in [-0.1, -0.05) is 6.07 Å². The lowest BCUT2D eigenvalue weighted by atomic mass is 9.86. The second kappa shape index (κ2) is 4.22. The lowest BCUT2D eigenvalue weighted by molar-refractivity contribution is 0.0886. The molecule has 0 radical (unpaired) electrons. The van der Waals surface area contributed by atoms with Crippen LogP contribution in [0.15, 0.2) is 12.1 Å². The van der Waals surface area contributed by atoms with Gasteiger partial charge in [0.2, 0.25) is 0 Å². The highest BCUT2D eigenvalue weighted by Crippen LogP contribution is 2.50. The average Bonchev–Trinajstić information content (AvgIpc) is 3.16. The average molecular weight is 242 g/mol. The van der Waals surface area contributed by atoms with Crippen molar-refractivity contribution in [2.24, 2.45) is 17.8 Å². The minimum atomic E-state index is 0.339. The van der Waals surface area contributed by atoms with Gasteiger partial charge in [-0.2, -0.15) is 0 Å². The smallest absolute Gasteiger partial charge is 0.166 e. The molecule has 0 unspecified atom stereocenters. The van der Waals surface area contributed by atoms with E-state index in [-0.39, 0.29) is 0 Å². The fraction of sp³-hybridized carbons (Fsp3) is 0.588. The Bertz CT molecular complexity index is 481.